The van der Waals surface area contributed by atoms with Gasteiger partial charge in [0.05, 0.1) is 16.8 Å². The Balaban J connectivity index is 1.54. The highest BCUT2D eigenvalue weighted by atomic mass is 32.1. The first-order valence-electron chi connectivity index (χ1n) is 12.3. The van der Waals surface area contributed by atoms with Crippen molar-refractivity contribution in [3.05, 3.63) is 53.0 Å². The Morgan fingerprint density at radius 2 is 1.79 bits per heavy atom. The molecule has 1 aliphatic carbocycles. The van der Waals surface area contributed by atoms with Gasteiger partial charge >= 0.3 is 0 Å². The van der Waals surface area contributed by atoms with Crippen LogP contribution in [0.4, 0.5) is 5.69 Å². The van der Waals surface area contributed by atoms with Crippen LogP contribution < -0.4 is 10.2 Å². The van der Waals surface area contributed by atoms with Crippen molar-refractivity contribution in [3.63, 3.8) is 0 Å². The van der Waals surface area contributed by atoms with Gasteiger partial charge in [0.15, 0.2) is 0 Å². The van der Waals surface area contributed by atoms with E-state index in [1.807, 2.05) is 35.1 Å². The van der Waals surface area contributed by atoms with Crippen molar-refractivity contribution >= 4 is 39.1 Å². The van der Waals surface area contributed by atoms with Gasteiger partial charge in [0.1, 0.15) is 11.2 Å². The normalized spacial score (nSPS) is 22.1. The predicted molar refractivity (Wildman–Crippen MR) is 135 cm³/mol. The van der Waals surface area contributed by atoms with Crippen molar-refractivity contribution < 1.29 is 9.59 Å². The molecule has 1 N–H and O–H groups in total. The van der Waals surface area contributed by atoms with E-state index in [0.29, 0.717) is 12.2 Å². The van der Waals surface area contributed by atoms with E-state index in [9.17, 15) is 9.59 Å². The summed E-state index contributed by atoms with van der Waals surface area (Å²) in [4.78, 5) is 29.6. The summed E-state index contributed by atoms with van der Waals surface area (Å²) in [5.41, 5.74) is 2.69. The molecule has 0 saturated heterocycles. The van der Waals surface area contributed by atoms with E-state index >= 15 is 0 Å². The van der Waals surface area contributed by atoms with Crippen LogP contribution in [0, 0.1) is 0 Å². The molecule has 6 heteroatoms. The van der Waals surface area contributed by atoms with Crippen molar-refractivity contribution in [1.82, 2.24) is 9.88 Å². The number of aromatic nitrogens is 1. The molecule has 1 aliphatic heterocycles. The third-order valence-corrected chi connectivity index (χ3v) is 8.29. The average Bonchev–Trinajstić information content (AvgIpc) is 3.38. The molecule has 5 rings (SSSR count). The highest BCUT2D eigenvalue weighted by molar-refractivity contribution is 7.17. The van der Waals surface area contributed by atoms with Gasteiger partial charge in [0.25, 0.3) is 5.91 Å². The number of nitrogens with zero attached hydrogens (tertiary/aromatic N) is 2. The lowest BCUT2D eigenvalue weighted by Gasteiger charge is -2.44. The molecule has 1 atom stereocenters. The summed E-state index contributed by atoms with van der Waals surface area (Å²) in [6, 6.07) is 12.3. The van der Waals surface area contributed by atoms with E-state index in [1.54, 1.807) is 16.2 Å². The third kappa shape index (κ3) is 3.99. The topological polar surface area (TPSA) is 54.3 Å². The standard InChI is InChI=1S/C27H33N3O2S/c1-3-19-11-13-21(14-12-19)30-25(31)23-17-24-22(15-16-33-24)29(23)18-27(30,2)26(32)28-20-9-7-5-4-6-8-10-20/h11-17,20H,3-10,18H2,1-2H3,(H,28,32)/t27-/m0/s1. The first-order chi connectivity index (χ1) is 16.0. The van der Waals surface area contributed by atoms with Crippen molar-refractivity contribution in [2.75, 3.05) is 4.90 Å². The van der Waals surface area contributed by atoms with Crippen LogP contribution in [0.5, 0.6) is 0 Å². The lowest BCUT2D eigenvalue weighted by Crippen LogP contribution is -2.65. The molecule has 2 amide bonds. The van der Waals surface area contributed by atoms with Crippen molar-refractivity contribution in [2.45, 2.75) is 83.3 Å². The summed E-state index contributed by atoms with van der Waals surface area (Å²) in [6.45, 7) is 4.49. The monoisotopic (exact) mass is 463 g/mol. The van der Waals surface area contributed by atoms with Crippen LogP contribution in [0.2, 0.25) is 0 Å². The minimum Gasteiger partial charge on any atom is -0.351 e. The van der Waals surface area contributed by atoms with E-state index in [2.05, 4.69) is 30.4 Å². The van der Waals surface area contributed by atoms with Crippen molar-refractivity contribution in [2.24, 2.45) is 0 Å². The number of thiophene rings is 1. The second-order valence-corrected chi connectivity index (χ2v) is 10.7. The molecule has 33 heavy (non-hydrogen) atoms. The second kappa shape index (κ2) is 8.98. The number of benzene rings is 1. The fraction of sp³-hybridized carbons (Fsp3) is 0.481. The van der Waals surface area contributed by atoms with Gasteiger partial charge in [-0.3, -0.25) is 14.5 Å². The van der Waals surface area contributed by atoms with E-state index in [4.69, 9.17) is 0 Å². The maximum Gasteiger partial charge on any atom is 0.275 e. The summed E-state index contributed by atoms with van der Waals surface area (Å²) in [5.74, 6) is -0.159. The SMILES string of the molecule is CCc1ccc(N2C(=O)c3cc4sccc4n3C[C@@]2(C)C(=O)NC2CCCCCCC2)cc1. The Bertz CT molecular complexity index is 1150. The molecule has 0 spiro atoms. The minimum atomic E-state index is -1.01. The number of amides is 2. The predicted octanol–water partition coefficient (Wildman–Crippen LogP) is 5.91. The van der Waals surface area contributed by atoms with Gasteiger partial charge in [-0.05, 0) is 61.4 Å². The molecule has 1 saturated carbocycles. The molecule has 3 heterocycles. The number of rotatable bonds is 4. The lowest BCUT2D eigenvalue weighted by molar-refractivity contribution is -0.127. The molecule has 1 aromatic carbocycles. The van der Waals surface area contributed by atoms with E-state index < -0.39 is 5.54 Å². The Labute approximate surface area is 199 Å². The number of hydrogen-bond donors (Lipinski definition) is 1. The highest BCUT2D eigenvalue weighted by Gasteiger charge is 2.49. The first-order valence-corrected chi connectivity index (χ1v) is 13.2. The Morgan fingerprint density at radius 3 is 2.48 bits per heavy atom. The number of aryl methyl sites for hydroxylation is 1. The number of carbonyl (C=O) groups is 2. The lowest BCUT2D eigenvalue weighted by atomic mass is 9.91. The van der Waals surface area contributed by atoms with Gasteiger partial charge in [-0.1, -0.05) is 51.2 Å². The smallest absolute Gasteiger partial charge is 0.275 e. The van der Waals surface area contributed by atoms with E-state index in [-0.39, 0.29) is 17.9 Å². The largest absolute Gasteiger partial charge is 0.351 e. The zero-order chi connectivity index (χ0) is 23.0. The number of carbonyl (C=O) groups excluding carboxylic acids is 2. The van der Waals surface area contributed by atoms with Gasteiger partial charge in [-0.25, -0.2) is 0 Å². The zero-order valence-electron chi connectivity index (χ0n) is 19.6. The van der Waals surface area contributed by atoms with E-state index in [0.717, 1.165) is 48.0 Å². The summed E-state index contributed by atoms with van der Waals surface area (Å²) in [5, 5.41) is 5.41. The molecule has 5 nitrogen and oxygen atoms in total. The maximum absolute atomic E-state index is 13.9. The zero-order valence-corrected chi connectivity index (χ0v) is 20.4. The molecular weight excluding hydrogens is 430 g/mol. The van der Waals surface area contributed by atoms with E-state index in [1.165, 1.54) is 24.8 Å². The second-order valence-electron chi connectivity index (χ2n) is 9.74. The molecule has 1 fully saturated rings. The number of hydrogen-bond acceptors (Lipinski definition) is 3. The molecule has 0 radical (unpaired) electrons. The van der Waals surface area contributed by atoms with Crippen LogP contribution in [0.15, 0.2) is 41.8 Å². The molecule has 0 bridgehead atoms. The summed E-state index contributed by atoms with van der Waals surface area (Å²) in [6.07, 6.45) is 9.05. The third-order valence-electron chi connectivity index (χ3n) is 7.44. The fourth-order valence-corrected chi connectivity index (χ4v) is 6.26. The van der Waals surface area contributed by atoms with Gasteiger partial charge in [-0.15, -0.1) is 11.3 Å². The maximum atomic E-state index is 13.9. The van der Waals surface area contributed by atoms with Crippen molar-refractivity contribution in [1.29, 1.82) is 0 Å². The van der Waals surface area contributed by atoms with Gasteiger partial charge in [0.2, 0.25) is 5.91 Å². The quantitative estimate of drug-likeness (QED) is 0.523. The number of anilines is 1. The summed E-state index contributed by atoms with van der Waals surface area (Å²) < 4.78 is 3.13. The van der Waals surface area contributed by atoms with Crippen molar-refractivity contribution in [3.8, 4) is 0 Å². The molecule has 2 aliphatic rings. The number of fused-ring (bicyclic) bond motifs is 3. The highest BCUT2D eigenvalue weighted by Crippen LogP contribution is 2.37. The summed E-state index contributed by atoms with van der Waals surface area (Å²) >= 11 is 1.63. The Morgan fingerprint density at radius 1 is 1.09 bits per heavy atom. The molecule has 174 valence electrons. The van der Waals surface area contributed by atoms with Crippen LogP contribution in [0.25, 0.3) is 10.2 Å². The fourth-order valence-electron chi connectivity index (χ4n) is 5.44. The average molecular weight is 464 g/mol. The number of nitrogens with one attached hydrogen (secondary N) is 1. The van der Waals surface area contributed by atoms with Gasteiger partial charge in [-0.2, -0.15) is 0 Å². The van der Waals surface area contributed by atoms with Crippen LogP contribution in [0.1, 0.15) is 74.8 Å². The Hall–Kier alpha value is -2.60. The molecular formula is C27H33N3O2S. The minimum absolute atomic E-state index is 0.0521. The molecule has 3 aromatic rings. The van der Waals surface area contributed by atoms with Gasteiger partial charge in [0, 0.05) is 11.7 Å². The molecule has 2 aromatic heterocycles. The van der Waals surface area contributed by atoms with Crippen LogP contribution >= 0.6 is 11.3 Å². The molecule has 0 unspecified atom stereocenters. The van der Waals surface area contributed by atoms with Crippen LogP contribution in [-0.2, 0) is 17.8 Å². The summed E-state index contributed by atoms with van der Waals surface area (Å²) in [7, 11) is 0. The Kier molecular flexibility index (Phi) is 6.04. The first kappa shape index (κ1) is 22.2. The van der Waals surface area contributed by atoms with Crippen LogP contribution in [-0.4, -0.2) is 28.0 Å². The van der Waals surface area contributed by atoms with Gasteiger partial charge < -0.3 is 9.88 Å². The van der Waals surface area contributed by atoms with Crippen LogP contribution in [0.3, 0.4) is 0 Å².